The summed E-state index contributed by atoms with van der Waals surface area (Å²) in [4.78, 5) is 12.2. The van der Waals surface area contributed by atoms with Gasteiger partial charge in [0.25, 0.3) is 10.2 Å². The Bertz CT molecular complexity index is 330. The summed E-state index contributed by atoms with van der Waals surface area (Å²) in [6, 6.07) is -1.06. The van der Waals surface area contributed by atoms with E-state index in [0.29, 0.717) is 6.54 Å². The fraction of sp³-hybridized carbons (Fsp3) is 0.875. The normalized spacial score (nSPS) is 13.9. The van der Waals surface area contributed by atoms with Gasteiger partial charge in [-0.05, 0) is 20.5 Å². The average molecular weight is 268 g/mol. The lowest BCUT2D eigenvalue weighted by molar-refractivity contribution is -0.138. The maximum Gasteiger partial charge on any atom is 0.320 e. The van der Waals surface area contributed by atoms with Gasteiger partial charge in [0.05, 0.1) is 0 Å². The SMILES string of the molecule is CN(C)CCNS(=O)(=O)NCC[C@H](N)C(=O)O. The largest absolute Gasteiger partial charge is 0.480 e. The molecule has 0 amide bonds. The van der Waals surface area contributed by atoms with Gasteiger partial charge in [0.2, 0.25) is 0 Å². The predicted molar refractivity (Wildman–Crippen MR) is 63.7 cm³/mol. The number of nitrogens with one attached hydrogen (secondary N) is 2. The van der Waals surface area contributed by atoms with Crippen molar-refractivity contribution in [3.8, 4) is 0 Å². The van der Waals surface area contributed by atoms with Crippen LogP contribution in [0.15, 0.2) is 0 Å². The second kappa shape index (κ2) is 7.56. The zero-order valence-corrected chi connectivity index (χ0v) is 10.8. The minimum absolute atomic E-state index is 0.00916. The number of rotatable bonds is 9. The first kappa shape index (κ1) is 16.3. The molecule has 0 aromatic carbocycles. The van der Waals surface area contributed by atoms with Crippen LogP contribution in [0, 0.1) is 0 Å². The highest BCUT2D eigenvalue weighted by Crippen LogP contribution is 1.87. The first-order valence-corrected chi connectivity index (χ1v) is 6.60. The van der Waals surface area contributed by atoms with Gasteiger partial charge in [-0.2, -0.15) is 8.42 Å². The summed E-state index contributed by atoms with van der Waals surface area (Å²) < 4.78 is 27.2. The summed E-state index contributed by atoms with van der Waals surface area (Å²) >= 11 is 0. The number of aliphatic carboxylic acids is 1. The maximum atomic E-state index is 11.3. The van der Waals surface area contributed by atoms with E-state index in [1.807, 2.05) is 19.0 Å². The van der Waals surface area contributed by atoms with Crippen LogP contribution in [0.2, 0.25) is 0 Å². The molecule has 0 saturated carbocycles. The van der Waals surface area contributed by atoms with Crippen molar-refractivity contribution in [3.05, 3.63) is 0 Å². The number of carboxylic acids is 1. The van der Waals surface area contributed by atoms with Crippen molar-refractivity contribution in [2.24, 2.45) is 5.73 Å². The zero-order chi connectivity index (χ0) is 13.5. The standard InChI is InChI=1S/C8H20N4O4S/c1-12(2)6-5-11-17(15,16)10-4-3-7(9)8(13)14/h7,10-11H,3-6,9H2,1-2H3,(H,13,14)/t7-/m0/s1. The van der Waals surface area contributed by atoms with E-state index in [4.69, 9.17) is 10.8 Å². The summed E-state index contributed by atoms with van der Waals surface area (Å²) in [6.45, 7) is 0.855. The quantitative estimate of drug-likeness (QED) is 0.375. The number of nitrogens with zero attached hydrogens (tertiary/aromatic N) is 1. The number of hydrogen-bond donors (Lipinski definition) is 4. The fourth-order valence-corrected chi connectivity index (χ4v) is 1.78. The van der Waals surface area contributed by atoms with Crippen molar-refractivity contribution in [1.82, 2.24) is 14.3 Å². The zero-order valence-electron chi connectivity index (χ0n) is 10.0. The molecule has 0 saturated heterocycles. The molecule has 0 radical (unpaired) electrons. The summed E-state index contributed by atoms with van der Waals surface area (Å²) in [5, 5.41) is 8.49. The Morgan fingerprint density at radius 3 is 2.35 bits per heavy atom. The first-order chi connectivity index (χ1) is 7.74. The first-order valence-electron chi connectivity index (χ1n) is 5.12. The Morgan fingerprint density at radius 1 is 1.35 bits per heavy atom. The van der Waals surface area contributed by atoms with Gasteiger partial charge in [0.15, 0.2) is 0 Å². The minimum atomic E-state index is -3.57. The molecule has 0 bridgehead atoms. The van der Waals surface area contributed by atoms with Gasteiger partial charge in [-0.25, -0.2) is 9.44 Å². The molecule has 0 aromatic rings. The Hall–Kier alpha value is -0.740. The molecule has 0 aliphatic heterocycles. The van der Waals surface area contributed by atoms with E-state index in [1.54, 1.807) is 0 Å². The maximum absolute atomic E-state index is 11.3. The van der Waals surface area contributed by atoms with Crippen molar-refractivity contribution in [1.29, 1.82) is 0 Å². The van der Waals surface area contributed by atoms with E-state index in [0.717, 1.165) is 0 Å². The van der Waals surface area contributed by atoms with Crippen LogP contribution >= 0.6 is 0 Å². The molecule has 8 nitrogen and oxygen atoms in total. The summed E-state index contributed by atoms with van der Waals surface area (Å²) in [6.07, 6.45) is 0.0456. The second-order valence-corrected chi connectivity index (χ2v) is 5.41. The van der Waals surface area contributed by atoms with Gasteiger partial charge in [-0.1, -0.05) is 0 Å². The van der Waals surface area contributed by atoms with Crippen molar-refractivity contribution < 1.29 is 18.3 Å². The molecule has 1 atom stereocenters. The molecule has 17 heavy (non-hydrogen) atoms. The lowest BCUT2D eigenvalue weighted by Gasteiger charge is -2.12. The predicted octanol–water partition coefficient (Wildman–Crippen LogP) is -2.23. The highest BCUT2D eigenvalue weighted by atomic mass is 32.2. The van der Waals surface area contributed by atoms with E-state index in [9.17, 15) is 13.2 Å². The molecular formula is C8H20N4O4S. The molecule has 0 aliphatic carbocycles. The summed E-state index contributed by atoms with van der Waals surface area (Å²) in [5.74, 6) is -1.15. The number of nitrogens with two attached hydrogens (primary N) is 1. The molecule has 102 valence electrons. The molecule has 5 N–H and O–H groups in total. The number of hydrogen-bond acceptors (Lipinski definition) is 5. The monoisotopic (exact) mass is 268 g/mol. The topological polar surface area (TPSA) is 125 Å². The number of carboxylic acid groups (broad SMARTS) is 1. The van der Waals surface area contributed by atoms with Crippen LogP contribution in [0.5, 0.6) is 0 Å². The molecule has 0 fully saturated rings. The van der Waals surface area contributed by atoms with Crippen LogP contribution in [-0.4, -0.2) is 64.2 Å². The Labute approximate surface area is 101 Å². The van der Waals surface area contributed by atoms with Crippen molar-refractivity contribution in [3.63, 3.8) is 0 Å². The summed E-state index contributed by atoms with van der Waals surface area (Å²) in [5.41, 5.74) is 5.22. The Balaban J connectivity index is 3.82. The molecule has 0 spiro atoms. The average Bonchev–Trinajstić information content (AvgIpc) is 2.15. The van der Waals surface area contributed by atoms with Crippen LogP contribution in [0.3, 0.4) is 0 Å². The van der Waals surface area contributed by atoms with Gasteiger partial charge >= 0.3 is 5.97 Å². The molecule has 9 heteroatoms. The van der Waals surface area contributed by atoms with Crippen LogP contribution in [0.4, 0.5) is 0 Å². The van der Waals surface area contributed by atoms with Crippen LogP contribution in [0.1, 0.15) is 6.42 Å². The highest BCUT2D eigenvalue weighted by Gasteiger charge is 2.13. The van der Waals surface area contributed by atoms with Crippen molar-refractivity contribution in [2.45, 2.75) is 12.5 Å². The molecule has 0 aromatic heterocycles. The number of likely N-dealkylation sites (N-methyl/N-ethyl adjacent to an activating group) is 1. The third-order valence-corrected chi connectivity index (χ3v) is 3.08. The van der Waals surface area contributed by atoms with Gasteiger partial charge in [-0.3, -0.25) is 4.79 Å². The molecular weight excluding hydrogens is 248 g/mol. The van der Waals surface area contributed by atoms with Crippen molar-refractivity contribution >= 4 is 16.2 Å². The van der Waals surface area contributed by atoms with Crippen LogP contribution in [-0.2, 0) is 15.0 Å². The fourth-order valence-electron chi connectivity index (χ4n) is 0.927. The molecule has 0 unspecified atom stereocenters. The van der Waals surface area contributed by atoms with E-state index < -0.39 is 22.2 Å². The third kappa shape index (κ3) is 9.01. The number of carbonyl (C=O) groups is 1. The summed E-state index contributed by atoms with van der Waals surface area (Å²) in [7, 11) is 0.0802. The van der Waals surface area contributed by atoms with E-state index in [2.05, 4.69) is 9.44 Å². The molecule has 0 heterocycles. The van der Waals surface area contributed by atoms with Gasteiger partial charge in [0, 0.05) is 19.6 Å². The van der Waals surface area contributed by atoms with E-state index in [1.165, 1.54) is 0 Å². The lowest BCUT2D eigenvalue weighted by atomic mass is 10.2. The van der Waals surface area contributed by atoms with Gasteiger partial charge in [0.1, 0.15) is 6.04 Å². The van der Waals surface area contributed by atoms with Gasteiger partial charge in [-0.15, -0.1) is 0 Å². The smallest absolute Gasteiger partial charge is 0.320 e. The van der Waals surface area contributed by atoms with E-state index >= 15 is 0 Å². The lowest BCUT2D eigenvalue weighted by Crippen LogP contribution is -2.42. The second-order valence-electron chi connectivity index (χ2n) is 3.83. The minimum Gasteiger partial charge on any atom is -0.480 e. The Kier molecular flexibility index (Phi) is 7.23. The van der Waals surface area contributed by atoms with Gasteiger partial charge < -0.3 is 15.7 Å². The highest BCUT2D eigenvalue weighted by molar-refractivity contribution is 7.87. The van der Waals surface area contributed by atoms with E-state index in [-0.39, 0.29) is 19.5 Å². The molecule has 0 rings (SSSR count). The van der Waals surface area contributed by atoms with Crippen LogP contribution in [0.25, 0.3) is 0 Å². The Morgan fingerprint density at radius 2 is 1.88 bits per heavy atom. The molecule has 0 aliphatic rings. The van der Waals surface area contributed by atoms with Crippen molar-refractivity contribution in [2.75, 3.05) is 33.7 Å². The van der Waals surface area contributed by atoms with Crippen LogP contribution < -0.4 is 15.2 Å². The third-order valence-electron chi connectivity index (χ3n) is 1.92.